The quantitative estimate of drug-likeness (QED) is 0.137. The Kier molecular flexibility index (Phi) is 12.3. The Morgan fingerprint density at radius 1 is 1.00 bits per heavy atom. The number of ether oxygens (including phenoxy) is 4. The van der Waals surface area contributed by atoms with Crippen LogP contribution in [-0.4, -0.2) is 68.7 Å². The van der Waals surface area contributed by atoms with Gasteiger partial charge in [0.15, 0.2) is 18.3 Å². The van der Waals surface area contributed by atoms with Crippen molar-refractivity contribution in [2.45, 2.75) is 95.4 Å². The Morgan fingerprint density at radius 3 is 2.06 bits per heavy atom. The summed E-state index contributed by atoms with van der Waals surface area (Å²) in [6.45, 7) is 12.7. The summed E-state index contributed by atoms with van der Waals surface area (Å²) < 4.78 is 38.4. The van der Waals surface area contributed by atoms with E-state index in [2.05, 4.69) is 11.0 Å². The van der Waals surface area contributed by atoms with E-state index in [1.54, 1.807) is 20.8 Å². The zero-order valence-corrected chi connectivity index (χ0v) is 21.7. The van der Waals surface area contributed by atoms with Crippen LogP contribution in [0.3, 0.4) is 0 Å². The summed E-state index contributed by atoms with van der Waals surface area (Å²) in [4.78, 5) is 35.5. The minimum atomic E-state index is -1.59. The summed E-state index contributed by atoms with van der Waals surface area (Å²) in [5, 5.41) is 0. The maximum Gasteiger partial charge on any atom is 0.303 e. The summed E-state index contributed by atoms with van der Waals surface area (Å²) in [6.07, 6.45) is 1.55. The van der Waals surface area contributed by atoms with Crippen LogP contribution in [0.1, 0.15) is 60.8 Å². The van der Waals surface area contributed by atoms with Crippen LogP contribution in [0.4, 0.5) is 0 Å². The number of thioether (sulfide) groups is 1. The van der Waals surface area contributed by atoms with E-state index in [4.69, 9.17) is 18.9 Å². The third kappa shape index (κ3) is 10.4. The van der Waals surface area contributed by atoms with Gasteiger partial charge in [0.1, 0.15) is 22.5 Å². The highest BCUT2D eigenvalue weighted by Gasteiger charge is 2.51. The second kappa shape index (κ2) is 13.9. The van der Waals surface area contributed by atoms with Gasteiger partial charge in [0.2, 0.25) is 0 Å². The van der Waals surface area contributed by atoms with Crippen molar-refractivity contribution in [2.24, 2.45) is 4.40 Å². The van der Waals surface area contributed by atoms with E-state index in [0.29, 0.717) is 5.75 Å². The molecule has 9 nitrogen and oxygen atoms in total. The molecule has 1 saturated heterocycles. The third-order valence-electron chi connectivity index (χ3n) is 4.35. The standard InChI is InChI=1S/C22H35NO8S2/c1-8-9-10-11-12-32-21-20(30-16(4)26)19(29-15(3)25)18(28-14(2)24)17(31-21)13-23-33(27)22(5,6)7/h8,13,17-21H,1,9-12H2,2-7H3/b23-13+/t17?,18?,19?,20?,21?,33-/m1/s1. The molecule has 188 valence electrons. The van der Waals surface area contributed by atoms with E-state index in [0.717, 1.165) is 19.3 Å². The lowest BCUT2D eigenvalue weighted by molar-refractivity contribution is -0.221. The summed E-state index contributed by atoms with van der Waals surface area (Å²) in [7, 11) is -1.59. The van der Waals surface area contributed by atoms with Crippen LogP contribution in [0.2, 0.25) is 0 Å². The normalized spacial score (nSPS) is 26.4. The number of carbonyl (C=O) groups excluding carboxylic acids is 3. The Hall–Kier alpha value is -1.72. The predicted octanol–water partition coefficient (Wildman–Crippen LogP) is 3.13. The lowest BCUT2D eigenvalue weighted by atomic mass is 9.99. The Labute approximate surface area is 202 Å². The Balaban J connectivity index is 3.30. The Morgan fingerprint density at radius 2 is 1.55 bits per heavy atom. The van der Waals surface area contributed by atoms with E-state index < -0.39 is 63.5 Å². The number of hydrogen-bond acceptors (Lipinski definition) is 9. The molecule has 0 amide bonds. The van der Waals surface area contributed by atoms with Crippen molar-refractivity contribution >= 4 is 46.9 Å². The smallest absolute Gasteiger partial charge is 0.303 e. The molecule has 11 heteroatoms. The summed E-state index contributed by atoms with van der Waals surface area (Å²) in [6, 6.07) is 0. The van der Waals surface area contributed by atoms with Crippen molar-refractivity contribution in [3.8, 4) is 0 Å². The molecule has 0 bridgehead atoms. The lowest BCUT2D eigenvalue weighted by Crippen LogP contribution is -2.61. The maximum atomic E-state index is 12.4. The summed E-state index contributed by atoms with van der Waals surface area (Å²) in [5.74, 6) is -1.20. The van der Waals surface area contributed by atoms with Crippen LogP contribution in [0.15, 0.2) is 17.1 Å². The molecule has 33 heavy (non-hydrogen) atoms. The van der Waals surface area contributed by atoms with Gasteiger partial charge in [0, 0.05) is 27.0 Å². The van der Waals surface area contributed by atoms with Gasteiger partial charge in [-0.1, -0.05) is 6.08 Å². The van der Waals surface area contributed by atoms with Gasteiger partial charge >= 0.3 is 17.9 Å². The molecule has 0 aromatic carbocycles. The van der Waals surface area contributed by atoms with Gasteiger partial charge in [-0.05, 0) is 45.8 Å². The first kappa shape index (κ1) is 29.3. The van der Waals surface area contributed by atoms with Gasteiger partial charge in [0.05, 0.1) is 4.75 Å². The molecule has 0 aromatic heterocycles. The first-order chi connectivity index (χ1) is 15.4. The number of unbranched alkanes of at least 4 members (excludes halogenated alkanes) is 2. The number of rotatable bonds is 11. The number of esters is 3. The van der Waals surface area contributed by atoms with Gasteiger partial charge in [0.25, 0.3) is 0 Å². The monoisotopic (exact) mass is 505 g/mol. The molecule has 1 rings (SSSR count). The van der Waals surface area contributed by atoms with Gasteiger partial charge in [-0.15, -0.1) is 18.3 Å². The molecule has 1 aliphatic rings. The van der Waals surface area contributed by atoms with Crippen LogP contribution < -0.4 is 0 Å². The average molecular weight is 506 g/mol. The largest absolute Gasteiger partial charge is 0.455 e. The molecule has 0 radical (unpaired) electrons. The van der Waals surface area contributed by atoms with Gasteiger partial charge in [-0.3, -0.25) is 14.4 Å². The minimum Gasteiger partial charge on any atom is -0.455 e. The van der Waals surface area contributed by atoms with Crippen LogP contribution in [0, 0.1) is 0 Å². The van der Waals surface area contributed by atoms with Crippen molar-refractivity contribution < 1.29 is 37.5 Å². The van der Waals surface area contributed by atoms with Gasteiger partial charge in [-0.2, -0.15) is 4.40 Å². The fourth-order valence-electron chi connectivity index (χ4n) is 2.92. The molecule has 5 unspecified atom stereocenters. The first-order valence-electron chi connectivity index (χ1n) is 10.7. The second-order valence-corrected chi connectivity index (χ2v) is 11.6. The summed E-state index contributed by atoms with van der Waals surface area (Å²) in [5.41, 5.74) is -0.728. The summed E-state index contributed by atoms with van der Waals surface area (Å²) >= 11 is 1.39. The van der Waals surface area contributed by atoms with E-state index in [1.165, 1.54) is 38.7 Å². The minimum absolute atomic E-state index is 0.597. The molecule has 0 N–H and O–H groups in total. The third-order valence-corrected chi connectivity index (χ3v) is 6.94. The van der Waals surface area contributed by atoms with Crippen molar-refractivity contribution in [2.75, 3.05) is 5.75 Å². The Bertz CT molecular complexity index is 749. The molecule has 0 aromatic rings. The zero-order chi connectivity index (χ0) is 25.2. The van der Waals surface area contributed by atoms with Crippen molar-refractivity contribution in [1.29, 1.82) is 0 Å². The van der Waals surface area contributed by atoms with Crippen LogP contribution in [-0.2, 0) is 44.3 Å². The SMILES string of the molecule is C=CCCCCSC1OC(/C=N/[S@](=O)C(C)(C)C)C(OC(C)=O)C(OC(C)=O)C1OC(C)=O. The number of hydrogen-bond donors (Lipinski definition) is 0. The zero-order valence-electron chi connectivity index (χ0n) is 20.1. The van der Waals surface area contributed by atoms with Crippen LogP contribution in [0.5, 0.6) is 0 Å². The van der Waals surface area contributed by atoms with Crippen molar-refractivity contribution in [3.63, 3.8) is 0 Å². The fraction of sp³-hybridized carbons (Fsp3) is 0.727. The van der Waals surface area contributed by atoms with Crippen molar-refractivity contribution in [3.05, 3.63) is 12.7 Å². The molecule has 0 spiro atoms. The maximum absolute atomic E-state index is 12.4. The van der Waals surface area contributed by atoms with E-state index in [9.17, 15) is 18.6 Å². The highest BCUT2D eigenvalue weighted by Crippen LogP contribution is 2.34. The van der Waals surface area contributed by atoms with Crippen LogP contribution in [0.25, 0.3) is 0 Å². The second-order valence-electron chi connectivity index (χ2n) is 8.46. The predicted molar refractivity (Wildman–Crippen MR) is 128 cm³/mol. The lowest BCUT2D eigenvalue weighted by Gasteiger charge is -2.43. The van der Waals surface area contributed by atoms with Crippen molar-refractivity contribution in [1.82, 2.24) is 0 Å². The topological polar surface area (TPSA) is 118 Å². The van der Waals surface area contributed by atoms with E-state index in [-0.39, 0.29) is 0 Å². The van der Waals surface area contributed by atoms with E-state index in [1.807, 2.05) is 6.08 Å². The van der Waals surface area contributed by atoms with Gasteiger partial charge < -0.3 is 18.9 Å². The molecular formula is C22H35NO8S2. The molecule has 6 atom stereocenters. The first-order valence-corrected chi connectivity index (χ1v) is 12.9. The molecule has 1 fully saturated rings. The van der Waals surface area contributed by atoms with E-state index >= 15 is 0 Å². The molecule has 0 saturated carbocycles. The van der Waals surface area contributed by atoms with Crippen LogP contribution >= 0.6 is 11.8 Å². The number of nitrogens with zero attached hydrogens (tertiary/aromatic N) is 1. The molecular weight excluding hydrogens is 470 g/mol. The molecule has 0 aliphatic carbocycles. The fourth-order valence-corrected chi connectivity index (χ4v) is 4.68. The highest BCUT2D eigenvalue weighted by atomic mass is 32.2. The molecule has 1 heterocycles. The molecule has 1 aliphatic heterocycles. The van der Waals surface area contributed by atoms with Gasteiger partial charge in [-0.25, -0.2) is 4.21 Å². The number of carbonyl (C=O) groups is 3. The number of allylic oxidation sites excluding steroid dienone is 1. The average Bonchev–Trinajstić information content (AvgIpc) is 2.68. The highest BCUT2D eigenvalue weighted by molar-refractivity contribution is 7.99.